The largest absolute Gasteiger partial charge is 0.336 e. The lowest BCUT2D eigenvalue weighted by Gasteiger charge is -2.43. The summed E-state index contributed by atoms with van der Waals surface area (Å²) in [5.74, 6) is -0.684. The number of rotatable bonds is 2. The van der Waals surface area contributed by atoms with Crippen LogP contribution in [0.2, 0.25) is 0 Å². The van der Waals surface area contributed by atoms with Crippen molar-refractivity contribution in [1.82, 2.24) is 15.1 Å². The Kier molecular flexibility index (Phi) is 4.05. The number of carbonyl (C=O) groups is 1. The van der Waals surface area contributed by atoms with Crippen LogP contribution in [0, 0.1) is 5.82 Å². The lowest BCUT2D eigenvalue weighted by molar-refractivity contribution is 0.0497. The third-order valence-electron chi connectivity index (χ3n) is 4.05. The Balaban J connectivity index is 1.67. The summed E-state index contributed by atoms with van der Waals surface area (Å²) in [6, 6.07) is 5.23. The van der Waals surface area contributed by atoms with Crippen LogP contribution in [0.5, 0.6) is 0 Å². The van der Waals surface area contributed by atoms with Crippen molar-refractivity contribution in [3.8, 4) is 0 Å². The van der Waals surface area contributed by atoms with E-state index < -0.39 is 5.82 Å². The first-order valence-corrected chi connectivity index (χ1v) is 7.64. The van der Waals surface area contributed by atoms with Crippen LogP contribution in [0.15, 0.2) is 22.7 Å². The van der Waals surface area contributed by atoms with E-state index >= 15 is 0 Å². The zero-order valence-electron chi connectivity index (χ0n) is 11.1. The summed E-state index contributed by atoms with van der Waals surface area (Å²) in [6.45, 7) is 5.13. The van der Waals surface area contributed by atoms with Gasteiger partial charge >= 0.3 is 0 Å². The second kappa shape index (κ2) is 5.79. The Hall–Kier alpha value is -0.980. The predicted octanol–water partition coefficient (Wildman–Crippen LogP) is 1.32. The quantitative estimate of drug-likeness (QED) is 0.881. The zero-order valence-corrected chi connectivity index (χ0v) is 12.7. The van der Waals surface area contributed by atoms with E-state index in [9.17, 15) is 9.18 Å². The van der Waals surface area contributed by atoms with Gasteiger partial charge in [0.2, 0.25) is 0 Å². The number of benzene rings is 1. The number of hydrogen-bond donors (Lipinski definition) is 1. The molecule has 4 nitrogen and oxygen atoms in total. The molecule has 2 aliphatic heterocycles. The second-order valence-electron chi connectivity index (χ2n) is 5.24. The Morgan fingerprint density at radius 3 is 2.50 bits per heavy atom. The van der Waals surface area contributed by atoms with Crippen LogP contribution >= 0.6 is 15.9 Å². The molecule has 0 unspecified atom stereocenters. The number of piperazine rings is 1. The normalized spacial score (nSPS) is 20.8. The van der Waals surface area contributed by atoms with Crippen LogP contribution in [-0.2, 0) is 0 Å². The first-order valence-electron chi connectivity index (χ1n) is 6.85. The van der Waals surface area contributed by atoms with Gasteiger partial charge in [0.15, 0.2) is 0 Å². The maximum Gasteiger partial charge on any atom is 0.258 e. The highest BCUT2D eigenvalue weighted by Crippen LogP contribution is 2.22. The molecular formula is C14H17BrFN3O. The molecule has 0 spiro atoms. The summed E-state index contributed by atoms with van der Waals surface area (Å²) in [7, 11) is 0. The zero-order chi connectivity index (χ0) is 14.1. The third-order valence-corrected chi connectivity index (χ3v) is 4.72. The molecule has 2 saturated heterocycles. The van der Waals surface area contributed by atoms with Gasteiger partial charge in [-0.1, -0.05) is 6.07 Å². The van der Waals surface area contributed by atoms with Gasteiger partial charge in [0.1, 0.15) is 5.82 Å². The molecule has 0 bridgehead atoms. The maximum absolute atomic E-state index is 13.8. The molecule has 0 saturated carbocycles. The molecule has 1 aromatic carbocycles. The average molecular weight is 342 g/mol. The molecule has 0 aromatic heterocycles. The van der Waals surface area contributed by atoms with E-state index in [0.29, 0.717) is 23.6 Å². The number of amides is 1. The Morgan fingerprint density at radius 2 is 1.95 bits per heavy atom. The van der Waals surface area contributed by atoms with Crippen LogP contribution in [0.4, 0.5) is 4.39 Å². The monoisotopic (exact) mass is 341 g/mol. The van der Waals surface area contributed by atoms with Gasteiger partial charge in [-0.15, -0.1) is 0 Å². The van der Waals surface area contributed by atoms with Crippen LogP contribution in [0.1, 0.15) is 10.4 Å². The smallest absolute Gasteiger partial charge is 0.258 e. The predicted molar refractivity (Wildman–Crippen MR) is 78.2 cm³/mol. The van der Waals surface area contributed by atoms with E-state index in [4.69, 9.17) is 0 Å². The number of nitrogens with zero attached hydrogens (tertiary/aromatic N) is 2. The van der Waals surface area contributed by atoms with Crippen LogP contribution < -0.4 is 5.32 Å². The number of halogens is 2. The molecule has 2 aliphatic rings. The van der Waals surface area contributed by atoms with Gasteiger partial charge in [0.25, 0.3) is 5.91 Å². The Bertz CT molecular complexity index is 493. The van der Waals surface area contributed by atoms with Gasteiger partial charge in [-0.25, -0.2) is 4.39 Å². The molecule has 20 heavy (non-hydrogen) atoms. The molecule has 0 aliphatic carbocycles. The summed E-state index contributed by atoms with van der Waals surface area (Å²) in [5.41, 5.74) is 0.145. The van der Waals surface area contributed by atoms with E-state index in [1.54, 1.807) is 17.0 Å². The van der Waals surface area contributed by atoms with Gasteiger partial charge in [-0.05, 0) is 28.1 Å². The number of hydrogen-bond acceptors (Lipinski definition) is 3. The minimum absolute atomic E-state index is 0.145. The van der Waals surface area contributed by atoms with Gasteiger partial charge in [0.05, 0.1) is 5.56 Å². The number of carbonyl (C=O) groups excluding carboxylic acids is 1. The fraction of sp³-hybridized carbons (Fsp3) is 0.500. The van der Waals surface area contributed by atoms with Gasteiger partial charge < -0.3 is 10.2 Å². The minimum Gasteiger partial charge on any atom is -0.336 e. The summed E-state index contributed by atoms with van der Waals surface area (Å²) < 4.78 is 14.3. The van der Waals surface area contributed by atoms with Crippen molar-refractivity contribution in [3.05, 3.63) is 34.1 Å². The fourth-order valence-electron chi connectivity index (χ4n) is 2.68. The standard InChI is InChI=1S/C14H17BrFN3O/c15-11-2-1-3-12(16)13(11)14(20)19-6-4-18(5-7-19)10-8-17-9-10/h1-3,10,17H,4-9H2. The molecule has 6 heteroatoms. The lowest BCUT2D eigenvalue weighted by atomic mass is 10.1. The van der Waals surface area contributed by atoms with Crippen LogP contribution in [0.25, 0.3) is 0 Å². The van der Waals surface area contributed by atoms with E-state index in [1.807, 2.05) is 0 Å². The van der Waals surface area contributed by atoms with Gasteiger partial charge in [0, 0.05) is 49.8 Å². The van der Waals surface area contributed by atoms with E-state index in [0.717, 1.165) is 26.2 Å². The lowest BCUT2D eigenvalue weighted by Crippen LogP contribution is -2.62. The van der Waals surface area contributed by atoms with Crippen LogP contribution in [-0.4, -0.2) is 61.0 Å². The molecule has 0 radical (unpaired) electrons. The highest BCUT2D eigenvalue weighted by Gasteiger charge is 2.30. The summed E-state index contributed by atoms with van der Waals surface area (Å²) >= 11 is 3.26. The summed E-state index contributed by atoms with van der Waals surface area (Å²) in [6.07, 6.45) is 0. The summed E-state index contributed by atoms with van der Waals surface area (Å²) in [5, 5.41) is 3.26. The molecule has 108 valence electrons. The molecular weight excluding hydrogens is 325 g/mol. The molecule has 1 aromatic rings. The minimum atomic E-state index is -0.463. The highest BCUT2D eigenvalue weighted by molar-refractivity contribution is 9.10. The van der Waals surface area contributed by atoms with Crippen LogP contribution in [0.3, 0.4) is 0 Å². The van der Waals surface area contributed by atoms with E-state index in [1.165, 1.54) is 6.07 Å². The van der Waals surface area contributed by atoms with Gasteiger partial charge in [-0.3, -0.25) is 9.69 Å². The van der Waals surface area contributed by atoms with E-state index in [-0.39, 0.29) is 11.5 Å². The van der Waals surface area contributed by atoms with Crippen molar-refractivity contribution >= 4 is 21.8 Å². The van der Waals surface area contributed by atoms with Crippen molar-refractivity contribution in [2.75, 3.05) is 39.3 Å². The third kappa shape index (κ3) is 2.60. The fourth-order valence-corrected chi connectivity index (χ4v) is 3.19. The first-order chi connectivity index (χ1) is 9.66. The molecule has 0 atom stereocenters. The SMILES string of the molecule is O=C(c1c(F)cccc1Br)N1CCN(C2CNC2)CC1. The van der Waals surface area contributed by atoms with Crippen molar-refractivity contribution in [2.45, 2.75) is 6.04 Å². The average Bonchev–Trinajstić information content (AvgIpc) is 2.37. The van der Waals surface area contributed by atoms with Crippen molar-refractivity contribution < 1.29 is 9.18 Å². The Morgan fingerprint density at radius 1 is 1.25 bits per heavy atom. The first kappa shape index (κ1) is 14.0. The topological polar surface area (TPSA) is 35.6 Å². The van der Waals surface area contributed by atoms with Crippen molar-refractivity contribution in [2.24, 2.45) is 0 Å². The number of nitrogens with one attached hydrogen (secondary N) is 1. The highest BCUT2D eigenvalue weighted by atomic mass is 79.9. The van der Waals surface area contributed by atoms with Crippen molar-refractivity contribution in [3.63, 3.8) is 0 Å². The van der Waals surface area contributed by atoms with Crippen molar-refractivity contribution in [1.29, 1.82) is 0 Å². The molecule has 3 rings (SSSR count). The second-order valence-corrected chi connectivity index (χ2v) is 6.09. The molecule has 2 heterocycles. The molecule has 1 amide bonds. The molecule has 2 fully saturated rings. The summed E-state index contributed by atoms with van der Waals surface area (Å²) in [4.78, 5) is 16.6. The van der Waals surface area contributed by atoms with E-state index in [2.05, 4.69) is 26.1 Å². The maximum atomic E-state index is 13.8. The Labute approximate surface area is 126 Å². The van der Waals surface area contributed by atoms with Gasteiger partial charge in [-0.2, -0.15) is 0 Å². The molecule has 1 N–H and O–H groups in total.